The fourth-order valence-electron chi connectivity index (χ4n) is 3.35. The van der Waals surface area contributed by atoms with E-state index in [1.54, 1.807) is 42.5 Å². The van der Waals surface area contributed by atoms with Crippen molar-refractivity contribution in [1.82, 2.24) is 0 Å². The Morgan fingerprint density at radius 2 is 1.78 bits per heavy atom. The number of esters is 1. The molecule has 2 aromatic rings. The first-order valence-corrected chi connectivity index (χ1v) is 10.2. The smallest absolute Gasteiger partial charge is 0.311 e. The number of ether oxygens (including phenoxy) is 4. The van der Waals surface area contributed by atoms with E-state index in [0.29, 0.717) is 35.2 Å². The van der Waals surface area contributed by atoms with Crippen LogP contribution >= 0.6 is 0 Å². The van der Waals surface area contributed by atoms with Gasteiger partial charge in [-0.2, -0.15) is 0 Å². The molecule has 170 valence electrons. The largest absolute Gasteiger partial charge is 0.497 e. The number of nitrogens with one attached hydrogen (secondary N) is 1. The number of benzene rings is 2. The van der Waals surface area contributed by atoms with Gasteiger partial charge in [0.25, 0.3) is 5.91 Å². The van der Waals surface area contributed by atoms with Crippen molar-refractivity contribution in [3.05, 3.63) is 42.5 Å². The van der Waals surface area contributed by atoms with Gasteiger partial charge < -0.3 is 29.2 Å². The van der Waals surface area contributed by atoms with Crippen LogP contribution < -0.4 is 24.4 Å². The highest BCUT2D eigenvalue weighted by Gasteiger charge is 2.36. The van der Waals surface area contributed by atoms with Gasteiger partial charge in [-0.3, -0.25) is 14.4 Å². The molecule has 2 aromatic carbocycles. The number of rotatable bonds is 9. The van der Waals surface area contributed by atoms with Crippen LogP contribution in [0.25, 0.3) is 0 Å². The van der Waals surface area contributed by atoms with Crippen molar-refractivity contribution < 1.29 is 33.3 Å². The standard InChI is InChI=1S/C23H26N2O7/c1-4-31-17-7-5-16(6-8-17)25-13-15(11-22(25)27)23(28)32-14-21(26)24-19-10-9-18(29-2)12-20(19)30-3/h5-10,12,15H,4,11,13-14H2,1-3H3,(H,24,26)/t15-/m0/s1. The molecule has 9 nitrogen and oxygen atoms in total. The van der Waals surface area contributed by atoms with Crippen LogP contribution in [0, 0.1) is 5.92 Å². The summed E-state index contributed by atoms with van der Waals surface area (Å²) in [7, 11) is 2.99. The SMILES string of the molecule is CCOc1ccc(N2C[C@@H](C(=O)OCC(=O)Nc3ccc(OC)cc3OC)CC2=O)cc1. The van der Waals surface area contributed by atoms with Crippen molar-refractivity contribution in [2.45, 2.75) is 13.3 Å². The van der Waals surface area contributed by atoms with Gasteiger partial charge in [-0.05, 0) is 43.3 Å². The number of nitrogens with zero attached hydrogens (tertiary/aromatic N) is 1. The molecule has 1 aliphatic rings. The van der Waals surface area contributed by atoms with Gasteiger partial charge in [0, 0.05) is 24.7 Å². The maximum atomic E-state index is 12.4. The van der Waals surface area contributed by atoms with Gasteiger partial charge in [-0.15, -0.1) is 0 Å². The van der Waals surface area contributed by atoms with Crippen molar-refractivity contribution in [2.75, 3.05) is 44.2 Å². The number of hydrogen-bond donors (Lipinski definition) is 1. The van der Waals surface area contributed by atoms with E-state index in [2.05, 4.69) is 5.32 Å². The first kappa shape index (κ1) is 22.9. The molecule has 0 bridgehead atoms. The molecule has 0 aromatic heterocycles. The lowest BCUT2D eigenvalue weighted by molar-refractivity contribution is -0.151. The number of amides is 2. The second kappa shape index (κ2) is 10.5. The second-order valence-corrected chi connectivity index (χ2v) is 7.05. The summed E-state index contributed by atoms with van der Waals surface area (Å²) in [5.74, 6) is -0.233. The third-order valence-corrected chi connectivity index (χ3v) is 4.95. The van der Waals surface area contributed by atoms with Crippen molar-refractivity contribution in [3.63, 3.8) is 0 Å². The molecule has 0 spiro atoms. The van der Waals surface area contributed by atoms with E-state index in [4.69, 9.17) is 18.9 Å². The van der Waals surface area contributed by atoms with Gasteiger partial charge in [0.2, 0.25) is 5.91 Å². The number of anilines is 2. The van der Waals surface area contributed by atoms with Crippen LogP contribution in [0.5, 0.6) is 17.2 Å². The summed E-state index contributed by atoms with van der Waals surface area (Å²) in [5.41, 5.74) is 1.10. The molecule has 1 fully saturated rings. The average molecular weight is 442 g/mol. The highest BCUT2D eigenvalue weighted by molar-refractivity contribution is 6.00. The average Bonchev–Trinajstić information content (AvgIpc) is 3.20. The van der Waals surface area contributed by atoms with Crippen LogP contribution in [0.1, 0.15) is 13.3 Å². The molecular formula is C23H26N2O7. The Kier molecular flexibility index (Phi) is 7.54. The lowest BCUT2D eigenvalue weighted by atomic mass is 10.1. The molecule has 0 saturated carbocycles. The molecule has 3 rings (SSSR count). The zero-order valence-electron chi connectivity index (χ0n) is 18.3. The molecule has 9 heteroatoms. The highest BCUT2D eigenvalue weighted by Crippen LogP contribution is 2.29. The van der Waals surface area contributed by atoms with Crippen LogP contribution in [-0.4, -0.2) is 51.8 Å². The van der Waals surface area contributed by atoms with Gasteiger partial charge in [0.05, 0.1) is 32.4 Å². The van der Waals surface area contributed by atoms with E-state index in [1.165, 1.54) is 19.1 Å². The fraction of sp³-hybridized carbons (Fsp3) is 0.348. The third kappa shape index (κ3) is 5.48. The van der Waals surface area contributed by atoms with Crippen LogP contribution in [0.4, 0.5) is 11.4 Å². The fourth-order valence-corrected chi connectivity index (χ4v) is 3.35. The number of carbonyl (C=O) groups excluding carboxylic acids is 3. The van der Waals surface area contributed by atoms with E-state index in [0.717, 1.165) is 0 Å². The lowest BCUT2D eigenvalue weighted by Gasteiger charge is -2.17. The van der Waals surface area contributed by atoms with Crippen LogP contribution in [0.2, 0.25) is 0 Å². The Hall–Kier alpha value is -3.75. The van der Waals surface area contributed by atoms with Gasteiger partial charge >= 0.3 is 5.97 Å². The van der Waals surface area contributed by atoms with E-state index in [1.807, 2.05) is 6.92 Å². The van der Waals surface area contributed by atoms with E-state index in [9.17, 15) is 14.4 Å². The van der Waals surface area contributed by atoms with Crippen molar-refractivity contribution in [3.8, 4) is 17.2 Å². The maximum Gasteiger partial charge on any atom is 0.311 e. The summed E-state index contributed by atoms with van der Waals surface area (Å²) in [6.07, 6.45) is 0.0277. The van der Waals surface area contributed by atoms with E-state index < -0.39 is 24.4 Å². The third-order valence-electron chi connectivity index (χ3n) is 4.95. The molecule has 1 aliphatic heterocycles. The number of hydrogen-bond acceptors (Lipinski definition) is 7. The first-order chi connectivity index (χ1) is 15.4. The summed E-state index contributed by atoms with van der Waals surface area (Å²) >= 11 is 0. The molecule has 1 atom stereocenters. The molecule has 1 heterocycles. The van der Waals surface area contributed by atoms with E-state index in [-0.39, 0.29) is 18.9 Å². The van der Waals surface area contributed by atoms with Gasteiger partial charge in [0.1, 0.15) is 17.2 Å². The predicted molar refractivity (Wildman–Crippen MR) is 117 cm³/mol. The van der Waals surface area contributed by atoms with Crippen molar-refractivity contribution >= 4 is 29.2 Å². The number of carbonyl (C=O) groups is 3. The monoisotopic (exact) mass is 442 g/mol. The van der Waals surface area contributed by atoms with Crippen LogP contribution in [0.3, 0.4) is 0 Å². The molecule has 0 unspecified atom stereocenters. The molecule has 0 aliphatic carbocycles. The summed E-state index contributed by atoms with van der Waals surface area (Å²) in [6, 6.07) is 12.0. The zero-order chi connectivity index (χ0) is 23.1. The maximum absolute atomic E-state index is 12.4. The Bertz CT molecular complexity index is 975. The molecule has 1 N–H and O–H groups in total. The molecule has 1 saturated heterocycles. The number of methoxy groups -OCH3 is 2. The first-order valence-electron chi connectivity index (χ1n) is 10.2. The van der Waals surface area contributed by atoms with Crippen molar-refractivity contribution in [2.24, 2.45) is 5.92 Å². The minimum absolute atomic E-state index is 0.0277. The Morgan fingerprint density at radius 3 is 2.44 bits per heavy atom. The topological polar surface area (TPSA) is 103 Å². The molecule has 0 radical (unpaired) electrons. The quantitative estimate of drug-likeness (QED) is 0.596. The van der Waals surface area contributed by atoms with Crippen molar-refractivity contribution in [1.29, 1.82) is 0 Å². The van der Waals surface area contributed by atoms with Gasteiger partial charge in [-0.1, -0.05) is 0 Å². The van der Waals surface area contributed by atoms with E-state index >= 15 is 0 Å². The normalized spacial score (nSPS) is 15.3. The lowest BCUT2D eigenvalue weighted by Crippen LogP contribution is -2.28. The molecular weight excluding hydrogens is 416 g/mol. The minimum atomic E-state index is -0.641. The Labute approximate surface area is 186 Å². The summed E-state index contributed by atoms with van der Waals surface area (Å²) in [4.78, 5) is 38.6. The van der Waals surface area contributed by atoms with Crippen LogP contribution in [-0.2, 0) is 19.1 Å². The molecule has 32 heavy (non-hydrogen) atoms. The van der Waals surface area contributed by atoms with Gasteiger partial charge in [-0.25, -0.2) is 0 Å². The minimum Gasteiger partial charge on any atom is -0.497 e. The highest BCUT2D eigenvalue weighted by atomic mass is 16.5. The molecule has 2 amide bonds. The summed E-state index contributed by atoms with van der Waals surface area (Å²) < 4.78 is 20.9. The van der Waals surface area contributed by atoms with Crippen LogP contribution in [0.15, 0.2) is 42.5 Å². The summed E-state index contributed by atoms with van der Waals surface area (Å²) in [5, 5.41) is 2.63. The predicted octanol–water partition coefficient (Wildman–Crippen LogP) is 2.64. The Balaban J connectivity index is 1.53. The van der Waals surface area contributed by atoms with Gasteiger partial charge in [0.15, 0.2) is 6.61 Å². The summed E-state index contributed by atoms with van der Waals surface area (Å²) in [6.45, 7) is 2.16. The second-order valence-electron chi connectivity index (χ2n) is 7.05. The Morgan fingerprint density at radius 1 is 1.06 bits per heavy atom. The zero-order valence-corrected chi connectivity index (χ0v) is 18.3.